The van der Waals surface area contributed by atoms with Crippen LogP contribution in [-0.4, -0.2) is 19.5 Å². The molecular weight excluding hydrogens is 223 g/mol. The molecule has 0 heterocycles. The third-order valence-corrected chi connectivity index (χ3v) is 2.36. The Hall–Kier alpha value is -0.770. The van der Waals surface area contributed by atoms with Gasteiger partial charge in [-0.2, -0.15) is 0 Å². The van der Waals surface area contributed by atoms with Gasteiger partial charge in [-0.1, -0.05) is 23.2 Å². The molecule has 0 aliphatic heterocycles. The van der Waals surface area contributed by atoms with Gasteiger partial charge in [0.1, 0.15) is 0 Å². The summed E-state index contributed by atoms with van der Waals surface area (Å²) in [4.78, 5) is 12.7. The van der Waals surface area contributed by atoms with Gasteiger partial charge < -0.3 is 10.6 Å². The van der Waals surface area contributed by atoms with Crippen molar-refractivity contribution < 1.29 is 4.79 Å². The number of rotatable bonds is 2. The van der Waals surface area contributed by atoms with Crippen LogP contribution in [0.4, 0.5) is 5.69 Å². The summed E-state index contributed by atoms with van der Waals surface area (Å²) in [7, 11) is 1.62. The lowest BCUT2D eigenvalue weighted by molar-refractivity contribution is -0.117. The average Bonchev–Trinajstić information content (AvgIpc) is 2.15. The number of halogens is 2. The first-order chi connectivity index (χ1) is 6.56. The molecule has 0 unspecified atom stereocenters. The molecule has 0 spiro atoms. The Kier molecular flexibility index (Phi) is 3.75. The molecule has 5 heteroatoms. The molecule has 0 bridgehead atoms. The van der Waals surface area contributed by atoms with Crippen LogP contribution in [0.25, 0.3) is 0 Å². The Balaban J connectivity index is 3.01. The van der Waals surface area contributed by atoms with Crippen LogP contribution >= 0.6 is 23.2 Å². The third-order valence-electron chi connectivity index (χ3n) is 1.82. The van der Waals surface area contributed by atoms with E-state index in [0.717, 1.165) is 0 Å². The summed E-state index contributed by atoms with van der Waals surface area (Å²) in [6, 6.07) is 4.93. The number of hydrogen-bond donors (Lipinski definition) is 1. The van der Waals surface area contributed by atoms with Crippen molar-refractivity contribution in [3.05, 3.63) is 28.2 Å². The number of amides is 1. The molecule has 1 aromatic rings. The normalized spacial score (nSPS) is 10.0. The van der Waals surface area contributed by atoms with Gasteiger partial charge >= 0.3 is 0 Å². The number of nitrogens with zero attached hydrogens (tertiary/aromatic N) is 1. The maximum absolute atomic E-state index is 11.3. The van der Waals surface area contributed by atoms with Crippen LogP contribution in [0.1, 0.15) is 0 Å². The highest BCUT2D eigenvalue weighted by Crippen LogP contribution is 2.27. The van der Waals surface area contributed by atoms with Gasteiger partial charge in [0, 0.05) is 12.1 Å². The molecule has 0 aliphatic carbocycles. The van der Waals surface area contributed by atoms with Gasteiger partial charge in [0.25, 0.3) is 0 Å². The first-order valence-corrected chi connectivity index (χ1v) is 4.73. The number of benzene rings is 1. The zero-order valence-electron chi connectivity index (χ0n) is 7.63. The van der Waals surface area contributed by atoms with Crippen LogP contribution in [0.2, 0.25) is 10.0 Å². The summed E-state index contributed by atoms with van der Waals surface area (Å²) < 4.78 is 0. The zero-order valence-corrected chi connectivity index (χ0v) is 9.14. The van der Waals surface area contributed by atoms with E-state index in [2.05, 4.69) is 0 Å². The summed E-state index contributed by atoms with van der Waals surface area (Å²) in [5.41, 5.74) is 5.83. The molecule has 3 nitrogen and oxygen atoms in total. The second kappa shape index (κ2) is 4.64. The molecule has 1 rings (SSSR count). The van der Waals surface area contributed by atoms with Crippen molar-refractivity contribution in [2.45, 2.75) is 0 Å². The summed E-state index contributed by atoms with van der Waals surface area (Å²) in [6.45, 7) is -0.0462. The minimum atomic E-state index is -0.200. The van der Waals surface area contributed by atoms with Crippen LogP contribution in [0.5, 0.6) is 0 Å². The first-order valence-electron chi connectivity index (χ1n) is 3.98. The van der Waals surface area contributed by atoms with E-state index in [4.69, 9.17) is 28.9 Å². The molecule has 1 amide bonds. The molecule has 0 radical (unpaired) electrons. The maximum Gasteiger partial charge on any atom is 0.240 e. The molecule has 1 aromatic carbocycles. The van der Waals surface area contributed by atoms with Crippen molar-refractivity contribution in [2.75, 3.05) is 18.5 Å². The van der Waals surface area contributed by atoms with E-state index in [-0.39, 0.29) is 12.5 Å². The average molecular weight is 233 g/mol. The highest BCUT2D eigenvalue weighted by Gasteiger charge is 2.11. The Morgan fingerprint density at radius 1 is 1.50 bits per heavy atom. The van der Waals surface area contributed by atoms with Crippen molar-refractivity contribution in [1.29, 1.82) is 0 Å². The van der Waals surface area contributed by atoms with Crippen molar-refractivity contribution >= 4 is 34.8 Å². The zero-order chi connectivity index (χ0) is 10.7. The van der Waals surface area contributed by atoms with Gasteiger partial charge in [-0.15, -0.1) is 0 Å². The largest absolute Gasteiger partial charge is 0.322 e. The van der Waals surface area contributed by atoms with E-state index < -0.39 is 0 Å². The van der Waals surface area contributed by atoms with Crippen molar-refractivity contribution in [2.24, 2.45) is 5.73 Å². The minimum Gasteiger partial charge on any atom is -0.322 e. The number of hydrogen-bond acceptors (Lipinski definition) is 2. The maximum atomic E-state index is 11.3. The van der Waals surface area contributed by atoms with E-state index in [0.29, 0.717) is 15.7 Å². The summed E-state index contributed by atoms with van der Waals surface area (Å²) >= 11 is 11.6. The van der Waals surface area contributed by atoms with Crippen LogP contribution in [0.15, 0.2) is 18.2 Å². The third kappa shape index (κ3) is 2.38. The number of likely N-dealkylation sites (N-methyl/N-ethyl adjacent to an activating group) is 1. The molecule has 76 valence electrons. The standard InChI is InChI=1S/C9H10Cl2N2O/c1-13(9(14)5-12)8-3-2-6(10)4-7(8)11/h2-4H,5,12H2,1H3. The monoisotopic (exact) mass is 232 g/mol. The van der Waals surface area contributed by atoms with E-state index >= 15 is 0 Å². The molecule has 0 aromatic heterocycles. The fraction of sp³-hybridized carbons (Fsp3) is 0.222. The van der Waals surface area contributed by atoms with E-state index in [1.54, 1.807) is 25.2 Å². The quantitative estimate of drug-likeness (QED) is 0.848. The minimum absolute atomic E-state index is 0.0462. The van der Waals surface area contributed by atoms with Crippen molar-refractivity contribution in [3.8, 4) is 0 Å². The lowest BCUT2D eigenvalue weighted by Gasteiger charge is -2.17. The van der Waals surface area contributed by atoms with Gasteiger partial charge in [-0.25, -0.2) is 0 Å². The number of carbonyl (C=O) groups is 1. The number of anilines is 1. The topological polar surface area (TPSA) is 46.3 Å². The fourth-order valence-electron chi connectivity index (χ4n) is 1.02. The first kappa shape index (κ1) is 11.3. The molecule has 0 saturated carbocycles. The van der Waals surface area contributed by atoms with Crippen molar-refractivity contribution in [3.63, 3.8) is 0 Å². The lowest BCUT2D eigenvalue weighted by atomic mass is 10.3. The SMILES string of the molecule is CN(C(=O)CN)c1ccc(Cl)cc1Cl. The van der Waals surface area contributed by atoms with E-state index in [1.165, 1.54) is 4.90 Å². The smallest absolute Gasteiger partial charge is 0.240 e. The molecule has 0 atom stereocenters. The molecule has 2 N–H and O–H groups in total. The second-order valence-electron chi connectivity index (χ2n) is 2.75. The van der Waals surface area contributed by atoms with Crippen LogP contribution in [0.3, 0.4) is 0 Å². The van der Waals surface area contributed by atoms with Crippen LogP contribution in [-0.2, 0) is 4.79 Å². The molecule has 0 saturated heterocycles. The Labute approximate surface area is 92.4 Å². The predicted molar refractivity (Wildman–Crippen MR) is 58.9 cm³/mol. The van der Waals surface area contributed by atoms with Gasteiger partial charge in [-0.05, 0) is 18.2 Å². The molecule has 14 heavy (non-hydrogen) atoms. The van der Waals surface area contributed by atoms with E-state index in [9.17, 15) is 4.79 Å². The fourth-order valence-corrected chi connectivity index (χ4v) is 1.56. The van der Waals surface area contributed by atoms with Gasteiger partial charge in [-0.3, -0.25) is 4.79 Å². The predicted octanol–water partition coefficient (Wildman–Crippen LogP) is 1.91. The Morgan fingerprint density at radius 3 is 2.64 bits per heavy atom. The number of nitrogens with two attached hydrogens (primary N) is 1. The van der Waals surface area contributed by atoms with Crippen molar-refractivity contribution in [1.82, 2.24) is 0 Å². The molecule has 0 fully saturated rings. The van der Waals surface area contributed by atoms with Gasteiger partial charge in [0.2, 0.25) is 5.91 Å². The highest BCUT2D eigenvalue weighted by atomic mass is 35.5. The second-order valence-corrected chi connectivity index (χ2v) is 3.60. The summed E-state index contributed by atoms with van der Waals surface area (Å²) in [5.74, 6) is -0.200. The van der Waals surface area contributed by atoms with Crippen LogP contribution < -0.4 is 10.6 Å². The highest BCUT2D eigenvalue weighted by molar-refractivity contribution is 6.36. The summed E-state index contributed by atoms with van der Waals surface area (Å²) in [6.07, 6.45) is 0. The Bertz CT molecular complexity index is 355. The summed E-state index contributed by atoms with van der Waals surface area (Å²) in [5, 5.41) is 0.967. The van der Waals surface area contributed by atoms with E-state index in [1.807, 2.05) is 0 Å². The van der Waals surface area contributed by atoms with Gasteiger partial charge in [0.15, 0.2) is 0 Å². The van der Waals surface area contributed by atoms with Gasteiger partial charge in [0.05, 0.1) is 17.3 Å². The Morgan fingerprint density at radius 2 is 2.14 bits per heavy atom. The molecular formula is C9H10Cl2N2O. The molecule has 0 aliphatic rings. The number of carbonyl (C=O) groups excluding carboxylic acids is 1. The lowest BCUT2D eigenvalue weighted by Crippen LogP contribution is -2.32. The van der Waals surface area contributed by atoms with Crippen LogP contribution in [0, 0.1) is 0 Å².